The van der Waals surface area contributed by atoms with Crippen LogP contribution >= 0.6 is 0 Å². The minimum Gasteiger partial charge on any atom is -0.857 e. The molecular formula is C12H14KN5O3. The molecule has 8 nitrogen and oxygen atoms in total. The number of nitrogen functional groups attached to an aromatic ring is 1. The zero-order valence-corrected chi connectivity index (χ0v) is 14.7. The quantitative estimate of drug-likeness (QED) is 0.379. The van der Waals surface area contributed by atoms with Gasteiger partial charge in [0.25, 0.3) is 0 Å². The number of anilines is 1. The Morgan fingerprint density at radius 1 is 1.48 bits per heavy atom. The van der Waals surface area contributed by atoms with Gasteiger partial charge < -0.3 is 25.6 Å². The van der Waals surface area contributed by atoms with Gasteiger partial charge in [0.2, 0.25) is 5.95 Å². The van der Waals surface area contributed by atoms with E-state index < -0.39 is 12.0 Å². The first-order chi connectivity index (χ1) is 9.52. The monoisotopic (exact) mass is 315 g/mol. The number of aromatic nitrogens is 4. The molecule has 0 aromatic carbocycles. The van der Waals surface area contributed by atoms with E-state index in [2.05, 4.69) is 21.5 Å². The Morgan fingerprint density at radius 3 is 2.81 bits per heavy atom. The first-order valence-corrected chi connectivity index (χ1v) is 6.17. The minimum absolute atomic E-state index is 0. The fourth-order valence-corrected chi connectivity index (χ4v) is 2.70. The Bertz CT molecular complexity index is 689. The second-order valence-corrected chi connectivity index (χ2v) is 4.89. The summed E-state index contributed by atoms with van der Waals surface area (Å²) < 4.78 is 1.65. The molecule has 2 heterocycles. The predicted octanol–water partition coefficient (Wildman–Crippen LogP) is -4.04. The van der Waals surface area contributed by atoms with Crippen molar-refractivity contribution in [2.75, 3.05) is 12.3 Å². The van der Waals surface area contributed by atoms with Crippen LogP contribution in [0.1, 0.15) is 12.5 Å². The van der Waals surface area contributed by atoms with Crippen LogP contribution in [0.3, 0.4) is 0 Å². The largest absolute Gasteiger partial charge is 1.00 e. The van der Waals surface area contributed by atoms with E-state index in [4.69, 9.17) is 5.73 Å². The van der Waals surface area contributed by atoms with Crippen molar-refractivity contribution >= 4 is 17.1 Å². The van der Waals surface area contributed by atoms with E-state index in [1.807, 2.05) is 0 Å². The summed E-state index contributed by atoms with van der Waals surface area (Å²) in [6.07, 6.45) is 1.16. The van der Waals surface area contributed by atoms with E-state index >= 15 is 0 Å². The van der Waals surface area contributed by atoms with Crippen LogP contribution in [-0.2, 0) is 0 Å². The SMILES string of the molecule is C=C1[C@H](CO)[C@@H](O)C[C@@H]1n1cnc2c([O-])nc(N)nc21.[K+]. The number of hydrogen-bond donors (Lipinski definition) is 3. The van der Waals surface area contributed by atoms with Gasteiger partial charge in [0, 0.05) is 11.8 Å². The van der Waals surface area contributed by atoms with Crippen molar-refractivity contribution in [3.63, 3.8) is 0 Å². The number of fused-ring (bicyclic) bond motifs is 1. The molecule has 0 radical (unpaired) electrons. The minimum atomic E-state index is -0.680. The average molecular weight is 315 g/mol. The van der Waals surface area contributed by atoms with Crippen molar-refractivity contribution in [3.05, 3.63) is 18.5 Å². The number of nitrogens with zero attached hydrogens (tertiary/aromatic N) is 4. The standard InChI is InChI=1S/C12H15N5O3.K/c1-5-6(3-18)8(19)2-7(5)17-4-14-9-10(17)15-12(13)16-11(9)20;/h4,6-8,18-19H,1-3H2,(H3,13,15,16,20);/q;+1/p-1/t6-,7-,8-;/m0./s1. The number of aliphatic hydroxyl groups excluding tert-OH is 2. The summed E-state index contributed by atoms with van der Waals surface area (Å²) in [6.45, 7) is 3.75. The normalized spacial score (nSPS) is 25.2. The van der Waals surface area contributed by atoms with Crippen LogP contribution in [-0.4, -0.2) is 42.4 Å². The molecule has 0 spiro atoms. The zero-order chi connectivity index (χ0) is 14.4. The molecular weight excluding hydrogens is 301 g/mol. The van der Waals surface area contributed by atoms with Crippen LogP contribution in [0.4, 0.5) is 5.95 Å². The third kappa shape index (κ3) is 2.74. The number of aliphatic hydroxyl groups is 2. The summed E-state index contributed by atoms with van der Waals surface area (Å²) in [6, 6.07) is -0.277. The van der Waals surface area contributed by atoms with Gasteiger partial charge in [-0.1, -0.05) is 6.58 Å². The Balaban J connectivity index is 0.00000161. The summed E-state index contributed by atoms with van der Waals surface area (Å²) >= 11 is 0. The number of rotatable bonds is 2. The molecule has 1 aliphatic carbocycles. The third-order valence-electron chi connectivity index (χ3n) is 3.77. The topological polar surface area (TPSA) is 133 Å². The number of hydrogen-bond acceptors (Lipinski definition) is 7. The Morgan fingerprint density at radius 2 is 2.19 bits per heavy atom. The van der Waals surface area contributed by atoms with Gasteiger partial charge in [-0.15, -0.1) is 0 Å². The Kier molecular flexibility index (Phi) is 5.03. The summed E-state index contributed by atoms with van der Waals surface area (Å²) in [5.41, 5.74) is 6.63. The second kappa shape index (κ2) is 6.29. The maximum Gasteiger partial charge on any atom is 1.00 e. The summed E-state index contributed by atoms with van der Waals surface area (Å²) in [7, 11) is 0. The molecule has 106 valence electrons. The van der Waals surface area contributed by atoms with Gasteiger partial charge >= 0.3 is 51.4 Å². The third-order valence-corrected chi connectivity index (χ3v) is 3.77. The molecule has 0 saturated heterocycles. The molecule has 21 heavy (non-hydrogen) atoms. The molecule has 0 aliphatic heterocycles. The van der Waals surface area contributed by atoms with Crippen molar-refractivity contribution in [3.8, 4) is 5.88 Å². The van der Waals surface area contributed by atoms with Gasteiger partial charge in [-0.3, -0.25) is 0 Å². The van der Waals surface area contributed by atoms with Gasteiger partial charge in [-0.05, 0) is 12.0 Å². The summed E-state index contributed by atoms with van der Waals surface area (Å²) in [4.78, 5) is 11.6. The molecule has 0 amide bonds. The summed E-state index contributed by atoms with van der Waals surface area (Å²) in [5, 5.41) is 30.9. The Labute approximate surface area is 163 Å². The van der Waals surface area contributed by atoms with Crippen molar-refractivity contribution in [2.45, 2.75) is 18.6 Å². The molecule has 9 heteroatoms. The first kappa shape index (κ1) is 16.8. The second-order valence-electron chi connectivity index (χ2n) is 4.89. The van der Waals surface area contributed by atoms with Crippen LogP contribution in [0.25, 0.3) is 11.2 Å². The molecule has 0 bridgehead atoms. The predicted molar refractivity (Wildman–Crippen MR) is 68.6 cm³/mol. The maximum atomic E-state index is 11.7. The molecule has 2 aromatic rings. The molecule has 3 rings (SSSR count). The van der Waals surface area contributed by atoms with E-state index in [9.17, 15) is 15.3 Å². The van der Waals surface area contributed by atoms with E-state index in [-0.39, 0.29) is 81.4 Å². The van der Waals surface area contributed by atoms with Crippen LogP contribution in [0.5, 0.6) is 5.88 Å². The van der Waals surface area contributed by atoms with Crippen molar-refractivity contribution in [1.82, 2.24) is 19.5 Å². The fraction of sp³-hybridized carbons (Fsp3) is 0.417. The smallest absolute Gasteiger partial charge is 0.857 e. The Hall–Kier alpha value is -0.554. The molecule has 4 N–H and O–H groups in total. The summed E-state index contributed by atoms with van der Waals surface area (Å²) in [5.74, 6) is -1.04. The van der Waals surface area contributed by atoms with E-state index in [0.29, 0.717) is 17.6 Å². The van der Waals surface area contributed by atoms with Gasteiger partial charge in [0.15, 0.2) is 5.65 Å². The van der Waals surface area contributed by atoms with Crippen LogP contribution in [0, 0.1) is 5.92 Å². The molecule has 3 atom stereocenters. The van der Waals surface area contributed by atoms with Crippen LogP contribution in [0.15, 0.2) is 18.5 Å². The maximum absolute atomic E-state index is 11.7. The van der Waals surface area contributed by atoms with Crippen molar-refractivity contribution in [2.24, 2.45) is 5.92 Å². The van der Waals surface area contributed by atoms with Gasteiger partial charge in [-0.2, -0.15) is 4.98 Å². The zero-order valence-electron chi connectivity index (χ0n) is 11.6. The molecule has 1 aliphatic rings. The molecule has 2 aromatic heterocycles. The number of nitrogens with two attached hydrogens (primary N) is 1. The van der Waals surface area contributed by atoms with Crippen molar-refractivity contribution in [1.29, 1.82) is 0 Å². The first-order valence-electron chi connectivity index (χ1n) is 6.17. The van der Waals surface area contributed by atoms with Crippen LogP contribution in [0.2, 0.25) is 0 Å². The van der Waals surface area contributed by atoms with E-state index in [1.165, 1.54) is 6.33 Å². The van der Waals surface area contributed by atoms with Crippen LogP contribution < -0.4 is 62.2 Å². The van der Waals surface area contributed by atoms with Gasteiger partial charge in [0.05, 0.1) is 25.1 Å². The van der Waals surface area contributed by atoms with Gasteiger partial charge in [-0.25, -0.2) is 9.97 Å². The van der Waals surface area contributed by atoms with Crippen molar-refractivity contribution < 1.29 is 66.7 Å². The van der Waals surface area contributed by atoms with E-state index in [1.54, 1.807) is 4.57 Å². The molecule has 1 saturated carbocycles. The molecule has 0 unspecified atom stereocenters. The molecule has 1 fully saturated rings. The average Bonchev–Trinajstić information content (AvgIpc) is 2.91. The van der Waals surface area contributed by atoms with Gasteiger partial charge in [0.1, 0.15) is 5.52 Å². The number of imidazole rings is 1. The fourth-order valence-electron chi connectivity index (χ4n) is 2.70. The van der Waals surface area contributed by atoms with E-state index in [0.717, 1.165) is 0 Å².